The first-order chi connectivity index (χ1) is 16.2. The Labute approximate surface area is 196 Å². The molecule has 0 bridgehead atoms. The predicted octanol–water partition coefficient (Wildman–Crippen LogP) is 4.44. The number of nitrogens with zero attached hydrogens (tertiary/aromatic N) is 6. The monoisotopic (exact) mass is 477 g/mol. The first-order valence-corrected chi connectivity index (χ1v) is 11.4. The summed E-state index contributed by atoms with van der Waals surface area (Å²) in [6, 6.07) is 9.12. The molecule has 1 amide bonds. The second-order valence-electron chi connectivity index (χ2n) is 7.53. The molecule has 0 fully saturated rings. The molecule has 11 heteroatoms. The van der Waals surface area contributed by atoms with Crippen LogP contribution in [0.5, 0.6) is 11.5 Å². The Hall–Kier alpha value is -3.76. The van der Waals surface area contributed by atoms with Gasteiger partial charge >= 0.3 is 0 Å². The zero-order valence-electron chi connectivity index (χ0n) is 17.1. The molecular formula is C22H16ClN7O2S. The fraction of sp³-hybridized carbons (Fsp3) is 0.136. The third kappa shape index (κ3) is 3.62. The number of aromatic nitrogens is 5. The van der Waals surface area contributed by atoms with Crippen LogP contribution in [-0.4, -0.2) is 42.4 Å². The lowest BCUT2D eigenvalue weighted by molar-refractivity contribution is -0.118. The van der Waals surface area contributed by atoms with E-state index in [9.17, 15) is 4.79 Å². The summed E-state index contributed by atoms with van der Waals surface area (Å²) in [6.07, 6.45) is 6.45. The number of anilines is 2. The Morgan fingerprint density at radius 3 is 2.97 bits per heavy atom. The SMILES string of the molecule is O=CN1CCc2c(sc3ncnc(Nc4ccc(Oc5ccc6ncnn6c5)c(Cl)c4)c23)C1. The Morgan fingerprint density at radius 2 is 2.09 bits per heavy atom. The summed E-state index contributed by atoms with van der Waals surface area (Å²) in [5.41, 5.74) is 2.72. The molecule has 1 N–H and O–H groups in total. The maximum absolute atomic E-state index is 11.2. The fourth-order valence-corrected chi connectivity index (χ4v) is 5.35. The van der Waals surface area contributed by atoms with Gasteiger partial charge in [0.05, 0.1) is 23.2 Å². The van der Waals surface area contributed by atoms with Gasteiger partial charge in [-0.25, -0.2) is 19.5 Å². The summed E-state index contributed by atoms with van der Waals surface area (Å²) < 4.78 is 7.57. The highest BCUT2D eigenvalue weighted by atomic mass is 35.5. The molecule has 0 spiro atoms. The minimum absolute atomic E-state index is 0.456. The second kappa shape index (κ2) is 7.98. The standard InChI is InChI=1S/C22H16ClN7O2S/c23-16-7-13(1-3-17(16)32-14-2-4-19-24-11-27-30(19)8-14)28-21-20-15-5-6-29(12-31)9-18(15)33-22(20)26-10-25-21/h1-4,7-8,10-12H,5-6,9H2,(H,25,26,28). The number of hydrogen-bond donors (Lipinski definition) is 1. The topological polar surface area (TPSA) is 97.5 Å². The van der Waals surface area contributed by atoms with Gasteiger partial charge in [0.1, 0.15) is 34.8 Å². The normalized spacial score (nSPS) is 13.3. The van der Waals surface area contributed by atoms with Gasteiger partial charge < -0.3 is 15.0 Å². The van der Waals surface area contributed by atoms with Crippen molar-refractivity contribution in [1.29, 1.82) is 0 Å². The van der Waals surface area contributed by atoms with Gasteiger partial charge in [-0.2, -0.15) is 5.10 Å². The molecule has 4 aromatic heterocycles. The summed E-state index contributed by atoms with van der Waals surface area (Å²) in [7, 11) is 0. The van der Waals surface area contributed by atoms with Crippen molar-refractivity contribution < 1.29 is 9.53 Å². The number of benzene rings is 1. The Bertz CT molecular complexity index is 1520. The van der Waals surface area contributed by atoms with E-state index in [-0.39, 0.29) is 0 Å². The lowest BCUT2D eigenvalue weighted by atomic mass is 10.1. The molecular weight excluding hydrogens is 462 g/mol. The maximum atomic E-state index is 11.2. The van der Waals surface area contributed by atoms with E-state index < -0.39 is 0 Å². The quantitative estimate of drug-likeness (QED) is 0.374. The van der Waals surface area contributed by atoms with Gasteiger partial charge in [0.25, 0.3) is 0 Å². The number of carbonyl (C=O) groups is 1. The minimum atomic E-state index is 0.456. The summed E-state index contributed by atoms with van der Waals surface area (Å²) >= 11 is 8.12. The molecule has 0 atom stereocenters. The average Bonchev–Trinajstić information content (AvgIpc) is 3.44. The van der Waals surface area contributed by atoms with Crippen molar-refractivity contribution in [3.8, 4) is 11.5 Å². The van der Waals surface area contributed by atoms with Crippen LogP contribution in [0.15, 0.2) is 49.2 Å². The number of hydrogen-bond acceptors (Lipinski definition) is 8. The van der Waals surface area contributed by atoms with Crippen LogP contribution in [0.4, 0.5) is 11.5 Å². The highest BCUT2D eigenvalue weighted by molar-refractivity contribution is 7.19. The molecule has 1 aliphatic heterocycles. The van der Waals surface area contributed by atoms with Crippen molar-refractivity contribution in [2.75, 3.05) is 11.9 Å². The molecule has 6 rings (SSSR count). The summed E-state index contributed by atoms with van der Waals surface area (Å²) in [5, 5.41) is 8.94. The van der Waals surface area contributed by atoms with Gasteiger partial charge in [-0.3, -0.25) is 4.79 Å². The number of thiophene rings is 1. The number of rotatable bonds is 5. The first-order valence-electron chi connectivity index (χ1n) is 10.2. The van der Waals surface area contributed by atoms with Gasteiger partial charge in [0.2, 0.25) is 6.41 Å². The van der Waals surface area contributed by atoms with Gasteiger partial charge in [-0.05, 0) is 42.3 Å². The Kier molecular flexibility index (Phi) is 4.81. The van der Waals surface area contributed by atoms with E-state index in [1.807, 2.05) is 18.2 Å². The molecule has 9 nitrogen and oxygen atoms in total. The zero-order valence-corrected chi connectivity index (χ0v) is 18.7. The van der Waals surface area contributed by atoms with Crippen molar-refractivity contribution in [1.82, 2.24) is 29.5 Å². The van der Waals surface area contributed by atoms with Gasteiger partial charge in [0.15, 0.2) is 5.65 Å². The molecule has 0 radical (unpaired) electrons. The van der Waals surface area contributed by atoms with Crippen LogP contribution in [0.3, 0.4) is 0 Å². The van der Waals surface area contributed by atoms with E-state index >= 15 is 0 Å². The number of amides is 1. The number of carbonyl (C=O) groups excluding carboxylic acids is 1. The minimum Gasteiger partial charge on any atom is -0.454 e. The molecule has 0 saturated carbocycles. The maximum Gasteiger partial charge on any atom is 0.210 e. The molecule has 1 aliphatic rings. The van der Waals surface area contributed by atoms with Crippen LogP contribution < -0.4 is 10.1 Å². The van der Waals surface area contributed by atoms with E-state index in [2.05, 4.69) is 25.4 Å². The molecule has 0 unspecified atom stereocenters. The van der Waals surface area contributed by atoms with Crippen LogP contribution in [0, 0.1) is 0 Å². The number of ether oxygens (including phenoxy) is 1. The zero-order chi connectivity index (χ0) is 22.4. The smallest absolute Gasteiger partial charge is 0.210 e. The van der Waals surface area contributed by atoms with Crippen molar-refractivity contribution in [3.63, 3.8) is 0 Å². The largest absolute Gasteiger partial charge is 0.454 e. The molecule has 0 aliphatic carbocycles. The molecule has 1 aromatic carbocycles. The van der Waals surface area contributed by atoms with E-state index in [1.165, 1.54) is 11.9 Å². The van der Waals surface area contributed by atoms with Crippen LogP contribution in [0.1, 0.15) is 10.4 Å². The third-order valence-corrected chi connectivity index (χ3v) is 6.91. The highest BCUT2D eigenvalue weighted by Crippen LogP contribution is 2.39. The molecule has 5 heterocycles. The molecule has 164 valence electrons. The van der Waals surface area contributed by atoms with E-state index in [0.29, 0.717) is 29.6 Å². The van der Waals surface area contributed by atoms with Crippen LogP contribution >= 0.6 is 22.9 Å². The molecule has 33 heavy (non-hydrogen) atoms. The molecule has 5 aromatic rings. The summed E-state index contributed by atoms with van der Waals surface area (Å²) in [4.78, 5) is 28.0. The first kappa shape index (κ1) is 19.9. The van der Waals surface area contributed by atoms with E-state index in [0.717, 1.165) is 45.1 Å². The number of halogens is 1. The predicted molar refractivity (Wildman–Crippen MR) is 125 cm³/mol. The average molecular weight is 478 g/mol. The number of fused-ring (bicyclic) bond motifs is 4. The number of nitrogens with one attached hydrogen (secondary N) is 1. The van der Waals surface area contributed by atoms with Crippen molar-refractivity contribution >= 4 is 56.7 Å². The molecule has 0 saturated heterocycles. The van der Waals surface area contributed by atoms with Crippen molar-refractivity contribution in [2.45, 2.75) is 13.0 Å². The van der Waals surface area contributed by atoms with Crippen LogP contribution in [-0.2, 0) is 17.8 Å². The van der Waals surface area contributed by atoms with Crippen molar-refractivity contribution in [3.05, 3.63) is 64.6 Å². The van der Waals surface area contributed by atoms with Gasteiger partial charge in [-0.15, -0.1) is 11.3 Å². The number of pyridine rings is 1. The lowest BCUT2D eigenvalue weighted by Crippen LogP contribution is -2.28. The summed E-state index contributed by atoms with van der Waals surface area (Å²) in [5.74, 6) is 1.84. The fourth-order valence-electron chi connectivity index (χ4n) is 3.92. The highest BCUT2D eigenvalue weighted by Gasteiger charge is 2.23. The van der Waals surface area contributed by atoms with Gasteiger partial charge in [-0.1, -0.05) is 11.6 Å². The van der Waals surface area contributed by atoms with Crippen molar-refractivity contribution in [2.24, 2.45) is 0 Å². The third-order valence-electron chi connectivity index (χ3n) is 5.48. The Balaban J connectivity index is 1.28. The van der Waals surface area contributed by atoms with Gasteiger partial charge in [0, 0.05) is 17.1 Å². The summed E-state index contributed by atoms with van der Waals surface area (Å²) in [6.45, 7) is 1.30. The lowest BCUT2D eigenvalue weighted by Gasteiger charge is -2.22. The van der Waals surface area contributed by atoms with E-state index in [4.69, 9.17) is 16.3 Å². The second-order valence-corrected chi connectivity index (χ2v) is 9.02. The van der Waals surface area contributed by atoms with Crippen LogP contribution in [0.25, 0.3) is 15.9 Å². The van der Waals surface area contributed by atoms with Crippen LogP contribution in [0.2, 0.25) is 5.02 Å². The van der Waals surface area contributed by atoms with E-state index in [1.54, 1.807) is 45.4 Å². The Morgan fingerprint density at radius 1 is 1.15 bits per heavy atom.